The molecule has 20 heavy (non-hydrogen) atoms. The van der Waals surface area contributed by atoms with E-state index in [1.807, 2.05) is 0 Å². The van der Waals surface area contributed by atoms with Crippen LogP contribution >= 0.6 is 11.6 Å². The van der Waals surface area contributed by atoms with Crippen molar-refractivity contribution < 1.29 is 19.0 Å². The predicted octanol–water partition coefficient (Wildman–Crippen LogP) is 3.66. The van der Waals surface area contributed by atoms with Gasteiger partial charge in [-0.2, -0.15) is 0 Å². The van der Waals surface area contributed by atoms with Crippen molar-refractivity contribution in [1.82, 2.24) is 0 Å². The van der Waals surface area contributed by atoms with Crippen LogP contribution in [0.4, 0.5) is 0 Å². The molecule has 0 heterocycles. The predicted molar refractivity (Wildman–Crippen MR) is 79.0 cm³/mol. The van der Waals surface area contributed by atoms with Crippen LogP contribution in [0, 0.1) is 0 Å². The molecule has 0 N–H and O–H groups in total. The van der Waals surface area contributed by atoms with Gasteiger partial charge in [0, 0.05) is 11.9 Å². The Hall–Kier alpha value is -1.42. The van der Waals surface area contributed by atoms with Gasteiger partial charge in [-0.25, -0.2) is 4.79 Å². The average Bonchev–Trinajstić information content (AvgIpc) is 2.49. The number of rotatable bonds is 9. The molecule has 0 aromatic heterocycles. The van der Waals surface area contributed by atoms with Crippen molar-refractivity contribution in [1.29, 1.82) is 0 Å². The summed E-state index contributed by atoms with van der Waals surface area (Å²) in [5.74, 6) is 1.43. The molecule has 0 fully saturated rings. The van der Waals surface area contributed by atoms with Crippen LogP contribution in [0.25, 0.3) is 0 Å². The minimum Gasteiger partial charge on any atom is -0.497 e. The fourth-order valence-corrected chi connectivity index (χ4v) is 1.95. The van der Waals surface area contributed by atoms with Gasteiger partial charge < -0.3 is 14.2 Å². The molecule has 112 valence electrons. The van der Waals surface area contributed by atoms with Crippen LogP contribution in [0.2, 0.25) is 0 Å². The van der Waals surface area contributed by atoms with E-state index in [1.165, 1.54) is 7.11 Å². The Morgan fingerprint density at radius 3 is 2.55 bits per heavy atom. The minimum atomic E-state index is -0.412. The van der Waals surface area contributed by atoms with Crippen LogP contribution in [0.3, 0.4) is 0 Å². The lowest BCUT2D eigenvalue weighted by Gasteiger charge is -2.11. The van der Waals surface area contributed by atoms with Gasteiger partial charge in [-0.1, -0.05) is 12.8 Å². The van der Waals surface area contributed by atoms with Crippen LogP contribution in [-0.4, -0.2) is 32.7 Å². The highest BCUT2D eigenvalue weighted by Gasteiger charge is 2.14. The largest absolute Gasteiger partial charge is 0.497 e. The molecule has 0 unspecified atom stereocenters. The summed E-state index contributed by atoms with van der Waals surface area (Å²) in [4.78, 5) is 11.7. The summed E-state index contributed by atoms with van der Waals surface area (Å²) in [7, 11) is 2.92. The Bertz CT molecular complexity index is 420. The molecule has 0 aliphatic heterocycles. The molecule has 0 atom stereocenters. The molecule has 0 bridgehead atoms. The van der Waals surface area contributed by atoms with Crippen LogP contribution < -0.4 is 9.47 Å². The highest BCUT2D eigenvalue weighted by molar-refractivity contribution is 6.17. The Labute approximate surface area is 125 Å². The van der Waals surface area contributed by atoms with Crippen LogP contribution in [0.5, 0.6) is 11.5 Å². The SMILES string of the molecule is COC(=O)c1ccc(OC)cc1OCCCCCCCl. The first-order valence-electron chi connectivity index (χ1n) is 6.68. The lowest BCUT2D eigenvalue weighted by molar-refractivity contribution is 0.0596. The van der Waals surface area contributed by atoms with Gasteiger partial charge in [0.25, 0.3) is 0 Å². The van der Waals surface area contributed by atoms with E-state index in [1.54, 1.807) is 25.3 Å². The number of hydrogen-bond acceptors (Lipinski definition) is 4. The molecule has 5 heteroatoms. The van der Waals surface area contributed by atoms with Crippen LogP contribution in [-0.2, 0) is 4.74 Å². The molecule has 1 aromatic carbocycles. The Balaban J connectivity index is 2.59. The number of alkyl halides is 1. The Kier molecular flexibility index (Phi) is 7.88. The molecule has 0 aliphatic rings. The molecule has 0 amide bonds. The average molecular weight is 301 g/mol. The molecule has 0 radical (unpaired) electrons. The fourth-order valence-electron chi connectivity index (χ4n) is 1.76. The zero-order valence-corrected chi connectivity index (χ0v) is 12.7. The van der Waals surface area contributed by atoms with Gasteiger partial charge in [-0.05, 0) is 25.0 Å². The third kappa shape index (κ3) is 5.29. The van der Waals surface area contributed by atoms with Crippen molar-refractivity contribution in [3.05, 3.63) is 23.8 Å². The topological polar surface area (TPSA) is 44.8 Å². The molecular formula is C15H21ClO4. The van der Waals surface area contributed by atoms with Gasteiger partial charge in [0.1, 0.15) is 17.1 Å². The Morgan fingerprint density at radius 2 is 1.90 bits per heavy atom. The smallest absolute Gasteiger partial charge is 0.341 e. The lowest BCUT2D eigenvalue weighted by Crippen LogP contribution is -2.07. The summed E-state index contributed by atoms with van der Waals surface area (Å²) in [6.07, 6.45) is 4.10. The normalized spacial score (nSPS) is 10.2. The summed E-state index contributed by atoms with van der Waals surface area (Å²) in [5.41, 5.74) is 0.411. The van der Waals surface area contributed by atoms with Crippen molar-refractivity contribution in [2.24, 2.45) is 0 Å². The number of hydrogen-bond donors (Lipinski definition) is 0. The maximum atomic E-state index is 11.7. The fraction of sp³-hybridized carbons (Fsp3) is 0.533. The van der Waals surface area contributed by atoms with E-state index in [4.69, 9.17) is 25.8 Å². The summed E-state index contributed by atoms with van der Waals surface area (Å²) in [5, 5.41) is 0. The van der Waals surface area contributed by atoms with Crippen molar-refractivity contribution in [2.75, 3.05) is 26.7 Å². The first-order valence-corrected chi connectivity index (χ1v) is 7.21. The summed E-state index contributed by atoms with van der Waals surface area (Å²) >= 11 is 5.62. The van der Waals surface area contributed by atoms with E-state index >= 15 is 0 Å². The van der Waals surface area contributed by atoms with Crippen LogP contribution in [0.1, 0.15) is 36.0 Å². The number of unbranched alkanes of at least 4 members (excludes halogenated alkanes) is 3. The molecular weight excluding hydrogens is 280 g/mol. The van der Waals surface area contributed by atoms with E-state index in [2.05, 4.69) is 0 Å². The number of carbonyl (C=O) groups is 1. The molecule has 4 nitrogen and oxygen atoms in total. The van der Waals surface area contributed by atoms with E-state index in [0.717, 1.165) is 25.7 Å². The number of esters is 1. The zero-order chi connectivity index (χ0) is 14.8. The van der Waals surface area contributed by atoms with Gasteiger partial charge in [-0.3, -0.25) is 0 Å². The summed E-state index contributed by atoms with van der Waals surface area (Å²) in [6.45, 7) is 0.555. The number of ether oxygens (including phenoxy) is 3. The van der Waals surface area contributed by atoms with Crippen molar-refractivity contribution in [3.8, 4) is 11.5 Å². The molecule has 0 spiro atoms. The quantitative estimate of drug-likeness (QED) is 0.396. The first-order chi connectivity index (χ1) is 9.72. The lowest BCUT2D eigenvalue weighted by atomic mass is 10.2. The van der Waals surface area contributed by atoms with Crippen molar-refractivity contribution in [3.63, 3.8) is 0 Å². The summed E-state index contributed by atoms with van der Waals surface area (Å²) < 4.78 is 15.5. The number of methoxy groups -OCH3 is 2. The molecule has 1 aromatic rings. The van der Waals surface area contributed by atoms with E-state index in [9.17, 15) is 4.79 Å². The Morgan fingerprint density at radius 1 is 1.15 bits per heavy atom. The molecule has 0 saturated carbocycles. The van der Waals surface area contributed by atoms with Gasteiger partial charge in [0.15, 0.2) is 0 Å². The maximum absolute atomic E-state index is 11.7. The maximum Gasteiger partial charge on any atom is 0.341 e. The van der Waals surface area contributed by atoms with Gasteiger partial charge >= 0.3 is 5.97 Å². The highest BCUT2D eigenvalue weighted by Crippen LogP contribution is 2.25. The molecule has 0 aliphatic carbocycles. The highest BCUT2D eigenvalue weighted by atomic mass is 35.5. The van der Waals surface area contributed by atoms with Crippen molar-refractivity contribution in [2.45, 2.75) is 25.7 Å². The summed E-state index contributed by atoms with van der Waals surface area (Å²) in [6, 6.07) is 5.05. The van der Waals surface area contributed by atoms with E-state index in [0.29, 0.717) is 29.5 Å². The first kappa shape index (κ1) is 16.6. The number of benzene rings is 1. The monoisotopic (exact) mass is 300 g/mol. The van der Waals surface area contributed by atoms with Gasteiger partial charge in [0.05, 0.1) is 20.8 Å². The number of carbonyl (C=O) groups excluding carboxylic acids is 1. The minimum absolute atomic E-state index is 0.411. The molecule has 1 rings (SSSR count). The number of halogens is 1. The second-order valence-corrected chi connectivity index (χ2v) is 4.68. The standard InChI is InChI=1S/C15H21ClO4/c1-18-12-7-8-13(15(17)19-2)14(11-12)20-10-6-4-3-5-9-16/h7-8,11H,3-6,9-10H2,1-2H3. The van der Waals surface area contributed by atoms with Crippen LogP contribution in [0.15, 0.2) is 18.2 Å². The van der Waals surface area contributed by atoms with Crippen molar-refractivity contribution >= 4 is 17.6 Å². The second-order valence-electron chi connectivity index (χ2n) is 4.31. The van der Waals surface area contributed by atoms with Gasteiger partial charge in [-0.15, -0.1) is 11.6 Å². The third-order valence-electron chi connectivity index (χ3n) is 2.88. The third-order valence-corrected chi connectivity index (χ3v) is 3.15. The molecule has 0 saturated heterocycles. The zero-order valence-electron chi connectivity index (χ0n) is 12.0. The van der Waals surface area contributed by atoms with E-state index < -0.39 is 5.97 Å². The van der Waals surface area contributed by atoms with Gasteiger partial charge in [0.2, 0.25) is 0 Å². The second kappa shape index (κ2) is 9.48. The van der Waals surface area contributed by atoms with E-state index in [-0.39, 0.29) is 0 Å².